The van der Waals surface area contributed by atoms with E-state index in [1.165, 1.54) is 0 Å². The standard InChI is InChI=1S/C11H10NO2/c1-7-12(2)9-5-8-3-4-13-10(8)6-11(9)14-7/h3-6H,1-2H3/q+1. The number of rotatable bonds is 0. The zero-order valence-electron chi connectivity index (χ0n) is 8.07. The molecule has 3 heteroatoms. The number of furan rings is 1. The van der Waals surface area contributed by atoms with E-state index in [9.17, 15) is 0 Å². The van der Waals surface area contributed by atoms with Gasteiger partial charge in [0.05, 0.1) is 13.2 Å². The Hall–Kier alpha value is -1.77. The largest absolute Gasteiger partial charge is 0.464 e. The van der Waals surface area contributed by atoms with Crippen molar-refractivity contribution in [2.45, 2.75) is 6.92 Å². The van der Waals surface area contributed by atoms with Gasteiger partial charge in [-0.25, -0.2) is 0 Å². The lowest BCUT2D eigenvalue weighted by Gasteiger charge is -1.85. The van der Waals surface area contributed by atoms with Crippen LogP contribution < -0.4 is 4.57 Å². The molecule has 0 N–H and O–H groups in total. The van der Waals surface area contributed by atoms with Crippen LogP contribution in [0.15, 0.2) is 33.3 Å². The van der Waals surface area contributed by atoms with Crippen LogP contribution in [-0.4, -0.2) is 0 Å². The SMILES string of the molecule is Cc1oc2cc3occc3cc2[n+]1C. The molecule has 2 heterocycles. The molecule has 0 fully saturated rings. The molecule has 0 radical (unpaired) electrons. The number of oxazole rings is 1. The lowest BCUT2D eigenvalue weighted by Crippen LogP contribution is -2.28. The Morgan fingerprint density at radius 1 is 1.21 bits per heavy atom. The van der Waals surface area contributed by atoms with Gasteiger partial charge in [0.1, 0.15) is 12.6 Å². The van der Waals surface area contributed by atoms with Gasteiger partial charge < -0.3 is 8.83 Å². The quantitative estimate of drug-likeness (QED) is 0.507. The second kappa shape index (κ2) is 2.38. The van der Waals surface area contributed by atoms with Gasteiger partial charge in [0.15, 0.2) is 0 Å². The zero-order chi connectivity index (χ0) is 9.71. The molecule has 0 atom stereocenters. The molecular weight excluding hydrogens is 178 g/mol. The minimum absolute atomic E-state index is 0.867. The zero-order valence-corrected chi connectivity index (χ0v) is 8.07. The third kappa shape index (κ3) is 0.839. The first-order valence-electron chi connectivity index (χ1n) is 4.52. The lowest BCUT2D eigenvalue weighted by molar-refractivity contribution is -0.656. The van der Waals surface area contributed by atoms with E-state index in [0.717, 1.165) is 28.0 Å². The van der Waals surface area contributed by atoms with Crippen LogP contribution in [0.4, 0.5) is 0 Å². The first-order chi connectivity index (χ1) is 6.75. The predicted molar refractivity (Wildman–Crippen MR) is 51.9 cm³/mol. The normalized spacial score (nSPS) is 11.6. The fourth-order valence-electron chi connectivity index (χ4n) is 1.72. The van der Waals surface area contributed by atoms with Crippen molar-refractivity contribution in [3.05, 3.63) is 30.4 Å². The van der Waals surface area contributed by atoms with E-state index in [2.05, 4.69) is 6.07 Å². The molecule has 0 saturated carbocycles. The van der Waals surface area contributed by atoms with Gasteiger partial charge in [0, 0.05) is 17.5 Å². The number of nitrogens with zero attached hydrogens (tertiary/aromatic N) is 1. The van der Waals surface area contributed by atoms with Crippen LogP contribution in [0.25, 0.3) is 22.1 Å². The first kappa shape index (κ1) is 7.62. The van der Waals surface area contributed by atoms with E-state index < -0.39 is 0 Å². The van der Waals surface area contributed by atoms with E-state index in [4.69, 9.17) is 8.83 Å². The van der Waals surface area contributed by atoms with E-state index in [-0.39, 0.29) is 0 Å². The smallest absolute Gasteiger partial charge is 0.344 e. The Morgan fingerprint density at radius 2 is 2.07 bits per heavy atom. The summed E-state index contributed by atoms with van der Waals surface area (Å²) < 4.78 is 12.9. The van der Waals surface area contributed by atoms with E-state index in [1.807, 2.05) is 30.7 Å². The predicted octanol–water partition coefficient (Wildman–Crippen LogP) is 2.31. The molecule has 0 aliphatic rings. The fraction of sp³-hybridized carbons (Fsp3) is 0.182. The molecule has 70 valence electrons. The molecule has 0 amide bonds. The van der Waals surface area contributed by atoms with Crippen molar-refractivity contribution >= 4 is 22.1 Å². The van der Waals surface area contributed by atoms with Gasteiger partial charge in [0.25, 0.3) is 5.52 Å². The summed E-state index contributed by atoms with van der Waals surface area (Å²) in [4.78, 5) is 0. The molecule has 0 spiro atoms. The maximum Gasteiger partial charge on any atom is 0.344 e. The van der Waals surface area contributed by atoms with Crippen molar-refractivity contribution in [1.82, 2.24) is 0 Å². The molecule has 1 aromatic carbocycles. The lowest BCUT2D eigenvalue weighted by atomic mass is 10.2. The van der Waals surface area contributed by atoms with Crippen molar-refractivity contribution in [2.24, 2.45) is 7.05 Å². The number of benzene rings is 1. The third-order valence-corrected chi connectivity index (χ3v) is 2.63. The van der Waals surface area contributed by atoms with Gasteiger partial charge in [-0.3, -0.25) is 0 Å². The number of hydrogen-bond donors (Lipinski definition) is 0. The molecule has 0 aliphatic carbocycles. The Kier molecular flexibility index (Phi) is 1.29. The van der Waals surface area contributed by atoms with Crippen molar-refractivity contribution in [1.29, 1.82) is 0 Å². The summed E-state index contributed by atoms with van der Waals surface area (Å²) in [6.45, 7) is 1.95. The molecule has 3 rings (SSSR count). The number of hydrogen-bond acceptors (Lipinski definition) is 2. The molecule has 3 nitrogen and oxygen atoms in total. The Labute approximate surface area is 80.5 Å². The molecule has 14 heavy (non-hydrogen) atoms. The number of aromatic nitrogens is 1. The van der Waals surface area contributed by atoms with Crippen molar-refractivity contribution in [2.75, 3.05) is 0 Å². The van der Waals surface area contributed by atoms with Crippen LogP contribution in [0.3, 0.4) is 0 Å². The average Bonchev–Trinajstić information content (AvgIpc) is 2.70. The summed E-state index contributed by atoms with van der Waals surface area (Å²) >= 11 is 0. The van der Waals surface area contributed by atoms with Crippen LogP contribution in [0.2, 0.25) is 0 Å². The fourth-order valence-corrected chi connectivity index (χ4v) is 1.72. The van der Waals surface area contributed by atoms with E-state index in [0.29, 0.717) is 0 Å². The summed E-state index contributed by atoms with van der Waals surface area (Å²) in [6, 6.07) is 5.96. The van der Waals surface area contributed by atoms with E-state index >= 15 is 0 Å². The highest BCUT2D eigenvalue weighted by Gasteiger charge is 2.16. The molecule has 0 unspecified atom stereocenters. The minimum atomic E-state index is 0.867. The summed E-state index contributed by atoms with van der Waals surface area (Å²) in [5.41, 5.74) is 2.83. The van der Waals surface area contributed by atoms with Crippen molar-refractivity contribution in [3.8, 4) is 0 Å². The highest BCUT2D eigenvalue weighted by molar-refractivity contribution is 5.89. The average molecular weight is 188 g/mol. The summed E-state index contributed by atoms with van der Waals surface area (Å²) in [5, 5.41) is 1.11. The Morgan fingerprint density at radius 3 is 2.93 bits per heavy atom. The van der Waals surface area contributed by atoms with Crippen LogP contribution in [0.1, 0.15) is 5.89 Å². The van der Waals surface area contributed by atoms with Crippen molar-refractivity contribution < 1.29 is 13.4 Å². The number of fused-ring (bicyclic) bond motifs is 2. The molecule has 2 aromatic heterocycles. The van der Waals surface area contributed by atoms with Crippen LogP contribution in [0.5, 0.6) is 0 Å². The van der Waals surface area contributed by atoms with Crippen LogP contribution in [-0.2, 0) is 7.05 Å². The molecular formula is C11H10NO2+. The topological polar surface area (TPSA) is 30.2 Å². The Bertz CT molecular complexity index is 619. The molecule has 0 aliphatic heterocycles. The van der Waals surface area contributed by atoms with Gasteiger partial charge in [-0.05, 0) is 6.07 Å². The van der Waals surface area contributed by atoms with Gasteiger partial charge in [-0.2, -0.15) is 4.57 Å². The molecule has 0 saturated heterocycles. The first-order valence-corrected chi connectivity index (χ1v) is 4.52. The summed E-state index contributed by atoms with van der Waals surface area (Å²) in [6.07, 6.45) is 1.69. The summed E-state index contributed by atoms with van der Waals surface area (Å²) in [5.74, 6) is 0.896. The van der Waals surface area contributed by atoms with Gasteiger partial charge in [0.2, 0.25) is 5.58 Å². The second-order valence-corrected chi connectivity index (χ2v) is 3.46. The Balaban J connectivity index is 2.56. The monoisotopic (exact) mass is 188 g/mol. The van der Waals surface area contributed by atoms with Crippen LogP contribution >= 0.6 is 0 Å². The maximum atomic E-state index is 5.58. The highest BCUT2D eigenvalue weighted by atomic mass is 16.4. The van der Waals surface area contributed by atoms with Gasteiger partial charge in [-0.1, -0.05) is 0 Å². The van der Waals surface area contributed by atoms with Gasteiger partial charge >= 0.3 is 5.89 Å². The van der Waals surface area contributed by atoms with E-state index in [1.54, 1.807) is 6.26 Å². The number of aryl methyl sites for hydroxylation is 2. The highest BCUT2D eigenvalue weighted by Crippen LogP contribution is 2.22. The second-order valence-electron chi connectivity index (χ2n) is 3.46. The third-order valence-electron chi connectivity index (χ3n) is 2.63. The molecule has 0 bridgehead atoms. The minimum Gasteiger partial charge on any atom is -0.464 e. The van der Waals surface area contributed by atoms with Gasteiger partial charge in [-0.15, -0.1) is 0 Å². The van der Waals surface area contributed by atoms with Crippen LogP contribution in [0, 0.1) is 6.92 Å². The summed E-state index contributed by atoms with van der Waals surface area (Å²) in [7, 11) is 1.99. The van der Waals surface area contributed by atoms with Crippen molar-refractivity contribution in [3.63, 3.8) is 0 Å². The molecule has 3 aromatic rings. The maximum absolute atomic E-state index is 5.58.